The predicted octanol–water partition coefficient (Wildman–Crippen LogP) is 5.01. The molecule has 0 unspecified atom stereocenters. The average Bonchev–Trinajstić information content (AvgIpc) is 2.66. The van der Waals surface area contributed by atoms with Crippen LogP contribution in [0, 0.1) is 0 Å². The maximum atomic E-state index is 6.36. The number of nitrogens with zero attached hydrogens (tertiary/aromatic N) is 1. The molecule has 1 aliphatic rings. The fourth-order valence-corrected chi connectivity index (χ4v) is 3.47. The van der Waals surface area contributed by atoms with Gasteiger partial charge in [0.2, 0.25) is 0 Å². The van der Waals surface area contributed by atoms with E-state index < -0.39 is 0 Å². The quantitative estimate of drug-likeness (QED) is 0.781. The summed E-state index contributed by atoms with van der Waals surface area (Å²) in [5.74, 6) is 0. The van der Waals surface area contributed by atoms with Crippen LogP contribution in [0.15, 0.2) is 12.1 Å². The van der Waals surface area contributed by atoms with Gasteiger partial charge in [0, 0.05) is 18.6 Å². The van der Waals surface area contributed by atoms with Crippen molar-refractivity contribution in [2.75, 3.05) is 24.5 Å². The van der Waals surface area contributed by atoms with Crippen molar-refractivity contribution in [1.29, 1.82) is 0 Å². The molecule has 0 amide bonds. The van der Waals surface area contributed by atoms with E-state index in [1.165, 1.54) is 0 Å². The summed E-state index contributed by atoms with van der Waals surface area (Å²) >= 11 is 18.5. The number of benzene rings is 1. The van der Waals surface area contributed by atoms with Crippen LogP contribution in [0.25, 0.3) is 0 Å². The van der Waals surface area contributed by atoms with Crippen molar-refractivity contribution >= 4 is 40.5 Å². The Morgan fingerprint density at radius 1 is 1.10 bits per heavy atom. The second kappa shape index (κ2) is 6.74. The molecule has 1 heterocycles. The van der Waals surface area contributed by atoms with Gasteiger partial charge in [0.1, 0.15) is 0 Å². The van der Waals surface area contributed by atoms with Crippen LogP contribution in [0.3, 0.4) is 0 Å². The van der Waals surface area contributed by atoms with Crippen LogP contribution in [-0.2, 0) is 0 Å². The van der Waals surface area contributed by atoms with Gasteiger partial charge in [-0.05, 0) is 37.9 Å². The molecule has 1 saturated heterocycles. The molecule has 0 radical (unpaired) electrons. The summed E-state index contributed by atoms with van der Waals surface area (Å²) in [6.45, 7) is 7.42. The highest BCUT2D eigenvalue weighted by molar-refractivity contribution is 6.44. The molecule has 0 aliphatic carbocycles. The average molecular weight is 336 g/mol. The zero-order valence-corrected chi connectivity index (χ0v) is 14.2. The number of nitrogens with one attached hydrogen (secondary N) is 1. The minimum atomic E-state index is 0.145. The van der Waals surface area contributed by atoms with Crippen LogP contribution < -0.4 is 10.2 Å². The second-order valence-corrected chi connectivity index (χ2v) is 6.63. The highest BCUT2D eigenvalue weighted by Gasteiger charge is 2.31. The summed E-state index contributed by atoms with van der Waals surface area (Å²) in [7, 11) is 0. The zero-order valence-electron chi connectivity index (χ0n) is 12.0. The maximum absolute atomic E-state index is 6.36. The molecule has 0 aromatic heterocycles. The molecular formula is C15H21Cl3N2. The van der Waals surface area contributed by atoms with Gasteiger partial charge in [-0.25, -0.2) is 0 Å². The van der Waals surface area contributed by atoms with E-state index in [2.05, 4.69) is 24.1 Å². The van der Waals surface area contributed by atoms with Gasteiger partial charge in [-0.1, -0.05) is 48.7 Å². The molecule has 5 heteroatoms. The van der Waals surface area contributed by atoms with Crippen LogP contribution >= 0.6 is 34.8 Å². The molecule has 1 aromatic rings. The number of halogens is 3. The lowest BCUT2D eigenvalue weighted by Crippen LogP contribution is -2.50. The van der Waals surface area contributed by atoms with Crippen LogP contribution in [0.5, 0.6) is 0 Å². The summed E-state index contributed by atoms with van der Waals surface area (Å²) < 4.78 is 0. The topological polar surface area (TPSA) is 15.3 Å². The Labute approximate surface area is 136 Å². The van der Waals surface area contributed by atoms with Crippen molar-refractivity contribution in [1.82, 2.24) is 5.32 Å². The molecule has 2 nitrogen and oxygen atoms in total. The third-order valence-electron chi connectivity index (χ3n) is 4.28. The minimum absolute atomic E-state index is 0.145. The smallest absolute Gasteiger partial charge is 0.0655 e. The van der Waals surface area contributed by atoms with Crippen molar-refractivity contribution < 1.29 is 0 Å². The lowest BCUT2D eigenvalue weighted by molar-refractivity contribution is 0.321. The van der Waals surface area contributed by atoms with E-state index in [-0.39, 0.29) is 5.54 Å². The summed E-state index contributed by atoms with van der Waals surface area (Å²) in [4.78, 5) is 2.33. The second-order valence-electron chi connectivity index (χ2n) is 5.41. The molecule has 1 fully saturated rings. The standard InChI is InChI=1S/C15H21Cl3N2/c1-3-15(4-2)10-20(7-5-6-19-15)14-9-12(17)11(16)8-13(14)18/h8-9,19H,3-7,10H2,1-2H3. The van der Waals surface area contributed by atoms with E-state index in [1.54, 1.807) is 6.07 Å². The van der Waals surface area contributed by atoms with Crippen molar-refractivity contribution in [3.63, 3.8) is 0 Å². The Balaban J connectivity index is 2.33. The van der Waals surface area contributed by atoms with Crippen molar-refractivity contribution in [3.05, 3.63) is 27.2 Å². The molecule has 112 valence electrons. The van der Waals surface area contributed by atoms with Crippen LogP contribution in [0.2, 0.25) is 15.1 Å². The van der Waals surface area contributed by atoms with E-state index in [4.69, 9.17) is 34.8 Å². The highest BCUT2D eigenvalue weighted by atomic mass is 35.5. The normalized spacial score (nSPS) is 18.9. The van der Waals surface area contributed by atoms with Gasteiger partial charge in [-0.3, -0.25) is 0 Å². The third-order valence-corrected chi connectivity index (χ3v) is 5.31. The number of hydrogen-bond donors (Lipinski definition) is 1. The van der Waals surface area contributed by atoms with Crippen molar-refractivity contribution in [2.24, 2.45) is 0 Å². The Bertz CT molecular complexity index is 472. The first kappa shape index (κ1) is 16.2. The van der Waals surface area contributed by atoms with E-state index in [9.17, 15) is 0 Å². The summed E-state index contributed by atoms with van der Waals surface area (Å²) in [5.41, 5.74) is 1.13. The van der Waals surface area contributed by atoms with Gasteiger partial charge in [0.25, 0.3) is 0 Å². The first-order chi connectivity index (χ1) is 9.51. The number of anilines is 1. The van der Waals surface area contributed by atoms with Gasteiger partial charge >= 0.3 is 0 Å². The van der Waals surface area contributed by atoms with Gasteiger partial charge in [0.05, 0.1) is 20.8 Å². The molecule has 0 spiro atoms. The summed E-state index contributed by atoms with van der Waals surface area (Å²) in [5, 5.41) is 5.43. The Hall–Kier alpha value is -0.150. The van der Waals surface area contributed by atoms with Crippen LogP contribution in [-0.4, -0.2) is 25.2 Å². The van der Waals surface area contributed by atoms with E-state index >= 15 is 0 Å². The SMILES string of the molecule is CCC1(CC)CN(c2cc(Cl)c(Cl)cc2Cl)CCCN1. The Kier molecular flexibility index (Phi) is 5.47. The van der Waals surface area contributed by atoms with E-state index in [0.29, 0.717) is 15.1 Å². The first-order valence-electron chi connectivity index (χ1n) is 7.16. The largest absolute Gasteiger partial charge is 0.368 e. The molecule has 0 bridgehead atoms. The highest BCUT2D eigenvalue weighted by Crippen LogP contribution is 2.36. The van der Waals surface area contributed by atoms with Crippen molar-refractivity contribution in [2.45, 2.75) is 38.6 Å². The van der Waals surface area contributed by atoms with Crippen LogP contribution in [0.4, 0.5) is 5.69 Å². The Morgan fingerprint density at radius 3 is 2.40 bits per heavy atom. The monoisotopic (exact) mass is 334 g/mol. The number of rotatable bonds is 3. The molecule has 1 aromatic carbocycles. The van der Waals surface area contributed by atoms with Gasteiger partial charge in [0.15, 0.2) is 0 Å². The maximum Gasteiger partial charge on any atom is 0.0655 e. The lowest BCUT2D eigenvalue weighted by Gasteiger charge is -2.36. The Morgan fingerprint density at radius 2 is 1.75 bits per heavy atom. The minimum Gasteiger partial charge on any atom is -0.368 e. The molecule has 0 saturated carbocycles. The van der Waals surface area contributed by atoms with Gasteiger partial charge < -0.3 is 10.2 Å². The third kappa shape index (κ3) is 3.36. The summed E-state index contributed by atoms with van der Waals surface area (Å²) in [6, 6.07) is 3.62. The van der Waals surface area contributed by atoms with Gasteiger partial charge in [-0.15, -0.1) is 0 Å². The predicted molar refractivity (Wildman–Crippen MR) is 89.6 cm³/mol. The van der Waals surface area contributed by atoms with Gasteiger partial charge in [-0.2, -0.15) is 0 Å². The zero-order chi connectivity index (χ0) is 14.8. The summed E-state index contributed by atoms with van der Waals surface area (Å²) in [6.07, 6.45) is 3.29. The fraction of sp³-hybridized carbons (Fsp3) is 0.600. The molecule has 1 aliphatic heterocycles. The molecular weight excluding hydrogens is 315 g/mol. The fourth-order valence-electron chi connectivity index (χ4n) is 2.81. The lowest BCUT2D eigenvalue weighted by atomic mass is 9.92. The number of hydrogen-bond acceptors (Lipinski definition) is 2. The molecule has 0 atom stereocenters. The van der Waals surface area contributed by atoms with Crippen molar-refractivity contribution in [3.8, 4) is 0 Å². The molecule has 2 rings (SSSR count). The molecule has 20 heavy (non-hydrogen) atoms. The first-order valence-corrected chi connectivity index (χ1v) is 8.29. The van der Waals surface area contributed by atoms with Crippen LogP contribution in [0.1, 0.15) is 33.1 Å². The van der Waals surface area contributed by atoms with E-state index in [0.717, 1.165) is 44.6 Å². The van der Waals surface area contributed by atoms with E-state index in [1.807, 2.05) is 6.07 Å². The molecule has 1 N–H and O–H groups in total.